The molecular formula is C23H25N5O5S. The van der Waals surface area contributed by atoms with Gasteiger partial charge in [0, 0.05) is 24.0 Å². The molecule has 0 aliphatic carbocycles. The van der Waals surface area contributed by atoms with Gasteiger partial charge in [-0.3, -0.25) is 25.2 Å². The van der Waals surface area contributed by atoms with Gasteiger partial charge in [-0.1, -0.05) is 38.1 Å². The lowest BCUT2D eigenvalue weighted by molar-refractivity contribution is 0.0844. The largest absolute Gasteiger partial charge is 0.290 e. The SMILES string of the molecule is C[C@@H]1C[C@H](C)CN(S(=O)(=O)c2cccc(C(=O)NNC(=O)c3n[nH]c(=O)c4ccccc34)c2)C1. The van der Waals surface area contributed by atoms with E-state index < -0.39 is 27.4 Å². The Labute approximate surface area is 196 Å². The number of rotatable bonds is 4. The maximum atomic E-state index is 13.1. The van der Waals surface area contributed by atoms with Gasteiger partial charge in [0.15, 0.2) is 5.69 Å². The highest BCUT2D eigenvalue weighted by Crippen LogP contribution is 2.27. The Morgan fingerprint density at radius 1 is 0.971 bits per heavy atom. The number of H-pyrrole nitrogens is 1. The van der Waals surface area contributed by atoms with E-state index >= 15 is 0 Å². The molecule has 1 aromatic heterocycles. The van der Waals surface area contributed by atoms with Crippen molar-refractivity contribution in [3.8, 4) is 0 Å². The second kappa shape index (κ2) is 9.35. The number of piperidine rings is 1. The number of sulfonamides is 1. The Bertz CT molecular complexity index is 1410. The maximum absolute atomic E-state index is 13.1. The highest BCUT2D eigenvalue weighted by atomic mass is 32.2. The number of hydrazine groups is 1. The first-order valence-corrected chi connectivity index (χ1v) is 12.3. The molecule has 0 spiro atoms. The van der Waals surface area contributed by atoms with Crippen LogP contribution in [0.2, 0.25) is 0 Å². The Morgan fingerprint density at radius 3 is 2.32 bits per heavy atom. The van der Waals surface area contributed by atoms with Gasteiger partial charge in [0.2, 0.25) is 10.0 Å². The molecule has 2 aromatic carbocycles. The Balaban J connectivity index is 1.50. The molecule has 3 aromatic rings. The van der Waals surface area contributed by atoms with E-state index in [1.54, 1.807) is 24.3 Å². The fourth-order valence-electron chi connectivity index (χ4n) is 4.28. The molecule has 11 heteroatoms. The number of nitrogens with zero attached hydrogens (tertiary/aromatic N) is 2. The molecule has 10 nitrogen and oxygen atoms in total. The molecule has 1 aliphatic heterocycles. The third kappa shape index (κ3) is 4.70. The lowest BCUT2D eigenvalue weighted by atomic mass is 9.94. The van der Waals surface area contributed by atoms with Crippen LogP contribution in [0.5, 0.6) is 0 Å². The van der Waals surface area contributed by atoms with E-state index in [1.807, 2.05) is 13.8 Å². The summed E-state index contributed by atoms with van der Waals surface area (Å²) in [5.41, 5.74) is 4.09. The number of nitrogens with one attached hydrogen (secondary N) is 3. The number of hydrogen-bond donors (Lipinski definition) is 3. The quantitative estimate of drug-likeness (QED) is 0.482. The van der Waals surface area contributed by atoms with Gasteiger partial charge >= 0.3 is 0 Å². The van der Waals surface area contributed by atoms with Crippen LogP contribution in [0.3, 0.4) is 0 Å². The van der Waals surface area contributed by atoms with E-state index in [4.69, 9.17) is 0 Å². The Hall–Kier alpha value is -3.57. The molecule has 34 heavy (non-hydrogen) atoms. The normalized spacial score (nSPS) is 19.0. The van der Waals surface area contributed by atoms with Gasteiger partial charge in [0.25, 0.3) is 17.4 Å². The van der Waals surface area contributed by atoms with Gasteiger partial charge in [-0.15, -0.1) is 0 Å². The number of carbonyl (C=O) groups is 2. The first kappa shape index (κ1) is 23.6. The van der Waals surface area contributed by atoms with Gasteiger partial charge in [-0.2, -0.15) is 9.40 Å². The van der Waals surface area contributed by atoms with Gasteiger partial charge in [0.05, 0.1) is 10.3 Å². The number of aromatic amines is 1. The summed E-state index contributed by atoms with van der Waals surface area (Å²) in [7, 11) is -3.76. The molecule has 178 valence electrons. The van der Waals surface area contributed by atoms with Crippen molar-refractivity contribution in [2.45, 2.75) is 25.2 Å². The smallest absolute Gasteiger partial charge is 0.267 e. The predicted octanol–water partition coefficient (Wildman–Crippen LogP) is 1.66. The fourth-order valence-corrected chi connectivity index (χ4v) is 6.01. The van der Waals surface area contributed by atoms with Crippen molar-refractivity contribution in [1.29, 1.82) is 0 Å². The molecule has 2 amide bonds. The van der Waals surface area contributed by atoms with Crippen molar-refractivity contribution < 1.29 is 18.0 Å². The zero-order chi connectivity index (χ0) is 24.5. The number of amides is 2. The monoisotopic (exact) mass is 483 g/mol. The van der Waals surface area contributed by atoms with E-state index in [9.17, 15) is 22.8 Å². The summed E-state index contributed by atoms with van der Waals surface area (Å²) in [6.45, 7) is 4.90. The molecule has 1 saturated heterocycles. The summed E-state index contributed by atoms with van der Waals surface area (Å²) in [6.07, 6.45) is 0.966. The van der Waals surface area contributed by atoms with Crippen LogP contribution in [0, 0.1) is 11.8 Å². The Morgan fingerprint density at radius 2 is 1.62 bits per heavy atom. The van der Waals surface area contributed by atoms with Crippen LogP contribution in [-0.4, -0.2) is 47.8 Å². The van der Waals surface area contributed by atoms with Crippen LogP contribution in [-0.2, 0) is 10.0 Å². The summed E-state index contributed by atoms with van der Waals surface area (Å²) in [5.74, 6) is -0.934. The summed E-state index contributed by atoms with van der Waals surface area (Å²) >= 11 is 0. The molecule has 1 aliphatic rings. The number of fused-ring (bicyclic) bond motifs is 1. The minimum absolute atomic E-state index is 0.0149. The molecule has 0 unspecified atom stereocenters. The second-order valence-electron chi connectivity index (χ2n) is 8.65. The minimum atomic E-state index is -3.76. The van der Waals surface area contributed by atoms with Gasteiger partial charge in [0.1, 0.15) is 0 Å². The number of benzene rings is 2. The van der Waals surface area contributed by atoms with Crippen LogP contribution < -0.4 is 16.4 Å². The molecule has 0 radical (unpaired) electrons. The zero-order valence-electron chi connectivity index (χ0n) is 18.7. The molecule has 4 rings (SSSR count). The van der Waals surface area contributed by atoms with Gasteiger partial charge < -0.3 is 0 Å². The van der Waals surface area contributed by atoms with Crippen molar-refractivity contribution in [2.24, 2.45) is 11.8 Å². The summed E-state index contributed by atoms with van der Waals surface area (Å²) in [4.78, 5) is 37.1. The van der Waals surface area contributed by atoms with Crippen LogP contribution >= 0.6 is 0 Å². The van der Waals surface area contributed by atoms with Gasteiger partial charge in [-0.25, -0.2) is 13.5 Å². The Kier molecular flexibility index (Phi) is 6.49. The van der Waals surface area contributed by atoms with E-state index in [-0.39, 0.29) is 33.4 Å². The average Bonchev–Trinajstić information content (AvgIpc) is 2.82. The van der Waals surface area contributed by atoms with Crippen molar-refractivity contribution in [3.63, 3.8) is 0 Å². The topological polar surface area (TPSA) is 141 Å². The van der Waals surface area contributed by atoms with Crippen molar-refractivity contribution in [1.82, 2.24) is 25.4 Å². The standard InChI is InChI=1S/C23H25N5O5S/c1-14-10-15(2)13-28(12-14)34(32,33)17-7-5-6-16(11-17)21(29)25-27-23(31)20-18-8-3-4-9-19(18)22(30)26-24-20/h3-9,11,14-15H,10,12-13H2,1-2H3,(H,25,29)(H,26,30)(H,27,31)/t14-,15+. The van der Waals surface area contributed by atoms with E-state index in [2.05, 4.69) is 21.0 Å². The number of carbonyl (C=O) groups excluding carboxylic acids is 2. The molecule has 2 atom stereocenters. The highest BCUT2D eigenvalue weighted by molar-refractivity contribution is 7.89. The van der Waals surface area contributed by atoms with Crippen LogP contribution in [0.1, 0.15) is 41.1 Å². The molecule has 3 N–H and O–H groups in total. The molecule has 0 bridgehead atoms. The highest BCUT2D eigenvalue weighted by Gasteiger charge is 2.32. The summed E-state index contributed by atoms with van der Waals surface area (Å²) in [6, 6.07) is 12.1. The van der Waals surface area contributed by atoms with Crippen molar-refractivity contribution in [2.75, 3.05) is 13.1 Å². The van der Waals surface area contributed by atoms with Crippen molar-refractivity contribution >= 4 is 32.6 Å². The third-order valence-corrected chi connectivity index (χ3v) is 7.60. The predicted molar refractivity (Wildman–Crippen MR) is 125 cm³/mol. The maximum Gasteiger partial charge on any atom is 0.290 e. The lowest BCUT2D eigenvalue weighted by Crippen LogP contribution is -2.43. The molecular weight excluding hydrogens is 458 g/mol. The van der Waals surface area contributed by atoms with Crippen LogP contribution in [0.15, 0.2) is 58.2 Å². The molecule has 0 saturated carbocycles. The fraction of sp³-hybridized carbons (Fsp3) is 0.304. The lowest BCUT2D eigenvalue weighted by Gasteiger charge is -2.34. The van der Waals surface area contributed by atoms with Crippen LogP contribution in [0.4, 0.5) is 0 Å². The molecule has 2 heterocycles. The van der Waals surface area contributed by atoms with Crippen LogP contribution in [0.25, 0.3) is 10.8 Å². The van der Waals surface area contributed by atoms with E-state index in [1.165, 1.54) is 28.6 Å². The first-order valence-electron chi connectivity index (χ1n) is 10.8. The summed E-state index contributed by atoms with van der Waals surface area (Å²) < 4.78 is 27.7. The second-order valence-corrected chi connectivity index (χ2v) is 10.6. The minimum Gasteiger partial charge on any atom is -0.267 e. The van der Waals surface area contributed by atoms with E-state index in [0.717, 1.165) is 6.42 Å². The zero-order valence-corrected chi connectivity index (χ0v) is 19.6. The summed E-state index contributed by atoms with van der Waals surface area (Å²) in [5, 5.41) is 6.65. The third-order valence-electron chi connectivity index (χ3n) is 5.77. The molecule has 1 fully saturated rings. The number of aromatic nitrogens is 2. The van der Waals surface area contributed by atoms with Crippen molar-refractivity contribution in [3.05, 3.63) is 70.1 Å². The first-order chi connectivity index (χ1) is 16.2. The van der Waals surface area contributed by atoms with E-state index in [0.29, 0.717) is 18.5 Å². The van der Waals surface area contributed by atoms with Gasteiger partial charge in [-0.05, 0) is 42.5 Å². The average molecular weight is 484 g/mol. The number of hydrogen-bond acceptors (Lipinski definition) is 6.